The van der Waals surface area contributed by atoms with Crippen molar-refractivity contribution in [3.8, 4) is 0 Å². The van der Waals surface area contributed by atoms with Crippen molar-refractivity contribution in [1.82, 2.24) is 0 Å². The average molecular weight is 281 g/mol. The lowest BCUT2D eigenvalue weighted by Crippen LogP contribution is -2.65. The van der Waals surface area contributed by atoms with Crippen molar-refractivity contribution in [3.63, 3.8) is 0 Å². The highest BCUT2D eigenvalue weighted by Crippen LogP contribution is 2.29. The van der Waals surface area contributed by atoms with E-state index in [0.717, 1.165) is 0 Å². The van der Waals surface area contributed by atoms with E-state index in [1.165, 1.54) is 7.11 Å². The lowest BCUT2D eigenvalue weighted by Gasteiger charge is -2.43. The van der Waals surface area contributed by atoms with Gasteiger partial charge < -0.3 is 40.7 Å². The molecule has 0 unspecified atom stereocenters. The molecule has 0 aromatic heterocycles. The predicted molar refractivity (Wildman–Crippen MR) is 59.9 cm³/mol. The highest BCUT2D eigenvalue weighted by molar-refractivity contribution is 5.75. The van der Waals surface area contributed by atoms with Crippen molar-refractivity contribution in [2.24, 2.45) is 5.73 Å². The van der Waals surface area contributed by atoms with Crippen LogP contribution >= 0.6 is 0 Å². The summed E-state index contributed by atoms with van der Waals surface area (Å²) in [6, 6.07) is -1.13. The van der Waals surface area contributed by atoms with Crippen molar-refractivity contribution < 1.29 is 39.8 Å². The number of hydrogen-bond donors (Lipinski definition) is 6. The van der Waals surface area contributed by atoms with Crippen LogP contribution in [0.15, 0.2) is 0 Å². The smallest absolute Gasteiger partial charge is 0.364 e. The van der Waals surface area contributed by atoms with Gasteiger partial charge in [-0.2, -0.15) is 0 Å². The van der Waals surface area contributed by atoms with Crippen LogP contribution in [0.4, 0.5) is 0 Å². The quantitative estimate of drug-likeness (QED) is 0.301. The van der Waals surface area contributed by atoms with Gasteiger partial charge in [0.05, 0.1) is 18.8 Å². The van der Waals surface area contributed by atoms with Crippen LogP contribution in [-0.4, -0.2) is 81.5 Å². The molecule has 0 aliphatic carbocycles. The molecule has 1 saturated heterocycles. The standard InChI is InChI=1S/C10H19NO8/c1-18-5(3-12)7(14)8-6(11)4(13)2-10(17,19-8)9(15)16/h4-8,12-14,17H,2-3,11H2,1H3,(H,15,16)/t4-,5+,6+,7+,8+,10-/m0/s1. The van der Waals surface area contributed by atoms with Crippen molar-refractivity contribution in [3.05, 3.63) is 0 Å². The van der Waals surface area contributed by atoms with Gasteiger partial charge in [0.25, 0.3) is 5.79 Å². The summed E-state index contributed by atoms with van der Waals surface area (Å²) in [5.74, 6) is -4.34. The van der Waals surface area contributed by atoms with Gasteiger partial charge in [0.2, 0.25) is 0 Å². The van der Waals surface area contributed by atoms with Crippen LogP contribution in [0.5, 0.6) is 0 Å². The van der Waals surface area contributed by atoms with E-state index in [2.05, 4.69) is 0 Å². The van der Waals surface area contributed by atoms with Crippen LogP contribution in [-0.2, 0) is 14.3 Å². The van der Waals surface area contributed by atoms with E-state index in [-0.39, 0.29) is 0 Å². The van der Waals surface area contributed by atoms with Gasteiger partial charge in [0.15, 0.2) is 0 Å². The van der Waals surface area contributed by atoms with Gasteiger partial charge in [-0.25, -0.2) is 4.79 Å². The molecule has 1 aliphatic rings. The van der Waals surface area contributed by atoms with Gasteiger partial charge >= 0.3 is 5.97 Å². The number of hydrogen-bond acceptors (Lipinski definition) is 8. The van der Waals surface area contributed by atoms with Gasteiger partial charge in [-0.15, -0.1) is 0 Å². The molecule has 7 N–H and O–H groups in total. The number of carbonyl (C=O) groups is 1. The molecule has 9 nitrogen and oxygen atoms in total. The predicted octanol–water partition coefficient (Wildman–Crippen LogP) is -3.40. The SMILES string of the molecule is CO[C@H](CO)[C@@H](O)[C@@H]1O[C@](O)(C(=O)O)C[C@H](O)[C@H]1N. The Morgan fingerprint density at radius 2 is 2.21 bits per heavy atom. The molecule has 0 radical (unpaired) electrons. The zero-order valence-corrected chi connectivity index (χ0v) is 10.3. The first kappa shape index (κ1) is 16.2. The van der Waals surface area contributed by atoms with E-state index >= 15 is 0 Å². The fourth-order valence-corrected chi connectivity index (χ4v) is 1.96. The maximum atomic E-state index is 10.9. The van der Waals surface area contributed by atoms with Crippen LogP contribution in [0.3, 0.4) is 0 Å². The molecule has 19 heavy (non-hydrogen) atoms. The van der Waals surface area contributed by atoms with Crippen molar-refractivity contribution in [1.29, 1.82) is 0 Å². The number of carboxylic acid groups (broad SMARTS) is 1. The second-order valence-corrected chi connectivity index (χ2v) is 4.47. The van der Waals surface area contributed by atoms with Gasteiger partial charge in [-0.05, 0) is 0 Å². The van der Waals surface area contributed by atoms with Gasteiger partial charge in [-0.3, -0.25) is 0 Å². The maximum Gasteiger partial charge on any atom is 0.364 e. The van der Waals surface area contributed by atoms with E-state index in [4.69, 9.17) is 25.4 Å². The van der Waals surface area contributed by atoms with Crippen molar-refractivity contribution in [2.75, 3.05) is 13.7 Å². The molecule has 1 rings (SSSR count). The molecule has 0 aromatic carbocycles. The second kappa shape index (κ2) is 6.09. The number of nitrogens with two attached hydrogens (primary N) is 1. The monoisotopic (exact) mass is 281 g/mol. The minimum Gasteiger partial charge on any atom is -0.477 e. The Hall–Kier alpha value is -0.810. The molecular weight excluding hydrogens is 262 g/mol. The third-order valence-electron chi connectivity index (χ3n) is 3.17. The molecule has 0 aromatic rings. The van der Waals surface area contributed by atoms with E-state index in [1.54, 1.807) is 0 Å². The number of aliphatic hydroxyl groups excluding tert-OH is 3. The van der Waals surface area contributed by atoms with Gasteiger partial charge in [0, 0.05) is 13.5 Å². The Bertz CT molecular complexity index is 323. The molecule has 1 aliphatic heterocycles. The number of aliphatic hydroxyl groups is 4. The molecule has 0 bridgehead atoms. The summed E-state index contributed by atoms with van der Waals surface area (Å²) < 4.78 is 9.67. The number of rotatable bonds is 5. The van der Waals surface area contributed by atoms with E-state index in [1.807, 2.05) is 0 Å². The fraction of sp³-hybridized carbons (Fsp3) is 0.900. The summed E-state index contributed by atoms with van der Waals surface area (Å²) in [6.07, 6.45) is -6.00. The molecule has 1 fully saturated rings. The first-order valence-corrected chi connectivity index (χ1v) is 5.65. The molecule has 0 spiro atoms. The number of carboxylic acids is 1. The molecule has 1 heterocycles. The second-order valence-electron chi connectivity index (χ2n) is 4.47. The number of ether oxygens (including phenoxy) is 2. The Morgan fingerprint density at radius 3 is 2.63 bits per heavy atom. The minimum absolute atomic E-state index is 0.564. The van der Waals surface area contributed by atoms with Gasteiger partial charge in [-0.1, -0.05) is 0 Å². The zero-order valence-electron chi connectivity index (χ0n) is 10.3. The lowest BCUT2D eigenvalue weighted by atomic mass is 9.89. The molecule has 9 heteroatoms. The highest BCUT2D eigenvalue weighted by atomic mass is 16.7. The number of methoxy groups -OCH3 is 1. The van der Waals surface area contributed by atoms with Crippen LogP contribution in [0.1, 0.15) is 6.42 Å². The zero-order chi connectivity index (χ0) is 14.8. The first-order chi connectivity index (χ1) is 8.76. The molecule has 112 valence electrons. The molecule has 6 atom stereocenters. The summed E-state index contributed by atoms with van der Waals surface area (Å²) in [4.78, 5) is 10.9. The maximum absolute atomic E-state index is 10.9. The average Bonchev–Trinajstić information content (AvgIpc) is 2.35. The van der Waals surface area contributed by atoms with Gasteiger partial charge in [0.1, 0.15) is 18.3 Å². The Kier molecular flexibility index (Phi) is 5.21. The third-order valence-corrected chi connectivity index (χ3v) is 3.17. The normalized spacial score (nSPS) is 38.7. The summed E-state index contributed by atoms with van der Waals surface area (Å²) in [5.41, 5.74) is 5.62. The van der Waals surface area contributed by atoms with Crippen LogP contribution < -0.4 is 5.73 Å². The summed E-state index contributed by atoms with van der Waals surface area (Å²) in [7, 11) is 1.22. The lowest BCUT2D eigenvalue weighted by molar-refractivity contribution is -0.293. The third kappa shape index (κ3) is 3.20. The van der Waals surface area contributed by atoms with Crippen LogP contribution in [0.2, 0.25) is 0 Å². The van der Waals surface area contributed by atoms with E-state index in [0.29, 0.717) is 0 Å². The van der Waals surface area contributed by atoms with E-state index < -0.39 is 55.2 Å². The topological polar surface area (TPSA) is 163 Å². The number of aliphatic carboxylic acids is 1. The molecule has 0 saturated carbocycles. The Morgan fingerprint density at radius 1 is 1.63 bits per heavy atom. The van der Waals surface area contributed by atoms with E-state index in [9.17, 15) is 20.1 Å². The highest BCUT2D eigenvalue weighted by Gasteiger charge is 2.52. The van der Waals surface area contributed by atoms with Crippen LogP contribution in [0.25, 0.3) is 0 Å². The first-order valence-electron chi connectivity index (χ1n) is 5.65. The Labute approximate surface area is 109 Å². The molecule has 0 amide bonds. The minimum atomic E-state index is -2.64. The molecular formula is C10H19NO8. The Balaban J connectivity index is 2.94. The van der Waals surface area contributed by atoms with Crippen molar-refractivity contribution >= 4 is 5.97 Å². The summed E-state index contributed by atoms with van der Waals surface area (Å²) in [6.45, 7) is -0.564. The van der Waals surface area contributed by atoms with Crippen molar-refractivity contribution in [2.45, 2.75) is 42.7 Å². The largest absolute Gasteiger partial charge is 0.477 e. The fourth-order valence-electron chi connectivity index (χ4n) is 1.96. The van der Waals surface area contributed by atoms with Crippen LogP contribution in [0, 0.1) is 0 Å². The summed E-state index contributed by atoms with van der Waals surface area (Å²) in [5, 5.41) is 47.2. The summed E-state index contributed by atoms with van der Waals surface area (Å²) >= 11 is 0.